The Morgan fingerprint density at radius 1 is 1.12 bits per heavy atom. The lowest BCUT2D eigenvalue weighted by atomic mass is 10.0. The van der Waals surface area contributed by atoms with Gasteiger partial charge in [-0.15, -0.1) is 24.8 Å². The standard InChI is InChI=1S/C18H26ClN3O.2ClH/c1-14(15-5-7-16(19)8-6-15)21-10-12-22(13-11-21)18(23)17-4-2-3-9-20-17;;/h5-8,14,17,20H,2-4,9-13H2,1H3;2*1H/t14?,17-;;/m1../s1. The molecule has 0 radical (unpaired) electrons. The quantitative estimate of drug-likeness (QED) is 0.831. The first-order valence-corrected chi connectivity index (χ1v) is 9.04. The zero-order valence-electron chi connectivity index (χ0n) is 14.6. The number of piperazine rings is 1. The number of nitrogens with one attached hydrogen (secondary N) is 1. The van der Waals surface area contributed by atoms with Crippen molar-refractivity contribution in [1.82, 2.24) is 15.1 Å². The highest BCUT2D eigenvalue weighted by atomic mass is 35.5. The molecule has 0 aliphatic carbocycles. The van der Waals surface area contributed by atoms with Crippen LogP contribution in [0, 0.1) is 0 Å². The number of halogens is 3. The van der Waals surface area contributed by atoms with Gasteiger partial charge < -0.3 is 10.2 Å². The van der Waals surface area contributed by atoms with E-state index in [1.165, 1.54) is 12.0 Å². The van der Waals surface area contributed by atoms with Crippen LogP contribution in [0.15, 0.2) is 24.3 Å². The van der Waals surface area contributed by atoms with Gasteiger partial charge in [0, 0.05) is 37.2 Å². The van der Waals surface area contributed by atoms with Crippen molar-refractivity contribution >= 4 is 42.3 Å². The number of amides is 1. The summed E-state index contributed by atoms with van der Waals surface area (Å²) in [6, 6.07) is 8.48. The van der Waals surface area contributed by atoms with E-state index in [0.717, 1.165) is 50.6 Å². The van der Waals surface area contributed by atoms with Crippen LogP contribution >= 0.6 is 36.4 Å². The van der Waals surface area contributed by atoms with E-state index in [-0.39, 0.29) is 30.9 Å². The molecule has 3 rings (SSSR count). The number of benzene rings is 1. The maximum Gasteiger partial charge on any atom is 0.239 e. The SMILES string of the molecule is CC(c1ccc(Cl)cc1)N1CCN(C(=O)[C@H]2CCCCN2)CC1.Cl.Cl. The van der Waals surface area contributed by atoms with Gasteiger partial charge in [0.2, 0.25) is 5.91 Å². The average Bonchev–Trinajstić information content (AvgIpc) is 2.62. The Labute approximate surface area is 168 Å². The Morgan fingerprint density at radius 2 is 1.76 bits per heavy atom. The van der Waals surface area contributed by atoms with E-state index < -0.39 is 0 Å². The third-order valence-electron chi connectivity index (χ3n) is 5.13. The summed E-state index contributed by atoms with van der Waals surface area (Å²) in [6.45, 7) is 6.72. The van der Waals surface area contributed by atoms with Gasteiger partial charge in [-0.2, -0.15) is 0 Å². The molecule has 1 N–H and O–H groups in total. The minimum Gasteiger partial charge on any atom is -0.339 e. The number of hydrogen-bond donors (Lipinski definition) is 1. The predicted molar refractivity (Wildman–Crippen MR) is 108 cm³/mol. The van der Waals surface area contributed by atoms with E-state index in [1.807, 2.05) is 17.0 Å². The van der Waals surface area contributed by atoms with Gasteiger partial charge in [0.15, 0.2) is 0 Å². The Hall–Kier alpha value is -0.520. The van der Waals surface area contributed by atoms with Crippen molar-refractivity contribution in [2.45, 2.75) is 38.3 Å². The minimum absolute atomic E-state index is 0. The molecule has 1 aromatic rings. The molecule has 25 heavy (non-hydrogen) atoms. The van der Waals surface area contributed by atoms with Gasteiger partial charge in [-0.1, -0.05) is 30.2 Å². The summed E-state index contributed by atoms with van der Waals surface area (Å²) in [5, 5.41) is 4.14. The molecule has 2 atom stereocenters. The Bertz CT molecular complexity index is 527. The molecule has 2 aliphatic heterocycles. The van der Waals surface area contributed by atoms with Gasteiger partial charge >= 0.3 is 0 Å². The van der Waals surface area contributed by atoms with E-state index in [0.29, 0.717) is 11.9 Å². The third-order valence-corrected chi connectivity index (χ3v) is 5.39. The molecule has 2 aliphatic rings. The molecule has 0 bridgehead atoms. The highest BCUT2D eigenvalue weighted by molar-refractivity contribution is 6.30. The highest BCUT2D eigenvalue weighted by Crippen LogP contribution is 2.23. The van der Waals surface area contributed by atoms with Crippen LogP contribution in [0.4, 0.5) is 0 Å². The van der Waals surface area contributed by atoms with Gasteiger partial charge in [-0.25, -0.2) is 0 Å². The molecule has 1 aromatic carbocycles. The number of nitrogens with zero attached hydrogens (tertiary/aromatic N) is 2. The number of rotatable bonds is 3. The van der Waals surface area contributed by atoms with Crippen LogP contribution in [-0.2, 0) is 4.79 Å². The number of piperidine rings is 1. The van der Waals surface area contributed by atoms with Gasteiger partial charge in [-0.3, -0.25) is 9.69 Å². The van der Waals surface area contributed by atoms with Crippen molar-refractivity contribution in [3.05, 3.63) is 34.9 Å². The molecular weight excluding hydrogens is 381 g/mol. The molecular formula is C18H28Cl3N3O. The number of hydrogen-bond acceptors (Lipinski definition) is 3. The van der Waals surface area contributed by atoms with E-state index in [4.69, 9.17) is 11.6 Å². The third kappa shape index (κ3) is 5.73. The summed E-state index contributed by atoms with van der Waals surface area (Å²) in [5.74, 6) is 0.295. The first kappa shape index (κ1) is 22.5. The highest BCUT2D eigenvalue weighted by Gasteiger charge is 2.29. The molecule has 1 amide bonds. The number of carbonyl (C=O) groups excluding carboxylic acids is 1. The van der Waals surface area contributed by atoms with E-state index >= 15 is 0 Å². The van der Waals surface area contributed by atoms with Crippen LogP contribution < -0.4 is 5.32 Å². The van der Waals surface area contributed by atoms with Crippen LogP contribution in [0.2, 0.25) is 5.02 Å². The normalized spacial score (nSPS) is 22.5. The van der Waals surface area contributed by atoms with Gasteiger partial charge in [0.25, 0.3) is 0 Å². The molecule has 0 saturated carbocycles. The fourth-order valence-corrected chi connectivity index (χ4v) is 3.69. The fraction of sp³-hybridized carbons (Fsp3) is 0.611. The summed E-state index contributed by atoms with van der Waals surface area (Å²) < 4.78 is 0. The summed E-state index contributed by atoms with van der Waals surface area (Å²) >= 11 is 5.97. The van der Waals surface area contributed by atoms with Crippen LogP contribution in [0.5, 0.6) is 0 Å². The molecule has 7 heteroatoms. The monoisotopic (exact) mass is 407 g/mol. The van der Waals surface area contributed by atoms with E-state index in [2.05, 4.69) is 29.3 Å². The molecule has 142 valence electrons. The second-order valence-corrected chi connectivity index (χ2v) is 7.03. The Balaban J connectivity index is 0.00000156. The average molecular weight is 409 g/mol. The number of carbonyl (C=O) groups is 1. The van der Waals surface area contributed by atoms with Crippen LogP contribution in [0.3, 0.4) is 0 Å². The van der Waals surface area contributed by atoms with E-state index in [1.54, 1.807) is 0 Å². The van der Waals surface area contributed by atoms with Crippen molar-refractivity contribution < 1.29 is 4.79 Å². The van der Waals surface area contributed by atoms with Crippen LogP contribution in [-0.4, -0.2) is 54.5 Å². The molecule has 0 spiro atoms. The van der Waals surface area contributed by atoms with E-state index in [9.17, 15) is 4.79 Å². The molecule has 4 nitrogen and oxygen atoms in total. The van der Waals surface area contributed by atoms with Gasteiger partial charge in [0.05, 0.1) is 6.04 Å². The minimum atomic E-state index is 0. The molecule has 0 aromatic heterocycles. The zero-order valence-corrected chi connectivity index (χ0v) is 17.0. The lowest BCUT2D eigenvalue weighted by Gasteiger charge is -2.40. The first-order valence-electron chi connectivity index (χ1n) is 8.67. The summed E-state index contributed by atoms with van der Waals surface area (Å²) in [6.07, 6.45) is 3.34. The summed E-state index contributed by atoms with van der Waals surface area (Å²) in [7, 11) is 0. The smallest absolute Gasteiger partial charge is 0.239 e. The first-order chi connectivity index (χ1) is 11.1. The largest absolute Gasteiger partial charge is 0.339 e. The lowest BCUT2D eigenvalue weighted by molar-refractivity contribution is -0.136. The molecule has 2 heterocycles. The van der Waals surface area contributed by atoms with Crippen molar-refractivity contribution in [3.63, 3.8) is 0 Å². The second kappa shape index (κ2) is 10.6. The van der Waals surface area contributed by atoms with Crippen LogP contribution in [0.1, 0.15) is 37.8 Å². The molecule has 1 unspecified atom stereocenters. The van der Waals surface area contributed by atoms with Crippen LogP contribution in [0.25, 0.3) is 0 Å². The maximum atomic E-state index is 12.6. The fourth-order valence-electron chi connectivity index (χ4n) is 3.56. The van der Waals surface area contributed by atoms with Crippen molar-refractivity contribution in [2.24, 2.45) is 0 Å². The van der Waals surface area contributed by atoms with Crippen molar-refractivity contribution in [3.8, 4) is 0 Å². The maximum absolute atomic E-state index is 12.6. The lowest BCUT2D eigenvalue weighted by Crippen LogP contribution is -2.55. The second-order valence-electron chi connectivity index (χ2n) is 6.59. The Morgan fingerprint density at radius 3 is 2.32 bits per heavy atom. The topological polar surface area (TPSA) is 35.6 Å². The summed E-state index contributed by atoms with van der Waals surface area (Å²) in [5.41, 5.74) is 1.28. The zero-order chi connectivity index (χ0) is 16.2. The van der Waals surface area contributed by atoms with Crippen molar-refractivity contribution in [2.75, 3.05) is 32.7 Å². The van der Waals surface area contributed by atoms with Gasteiger partial charge in [-0.05, 0) is 44.0 Å². The van der Waals surface area contributed by atoms with Crippen molar-refractivity contribution in [1.29, 1.82) is 0 Å². The predicted octanol–water partition coefficient (Wildman–Crippen LogP) is 3.53. The molecule has 2 fully saturated rings. The van der Waals surface area contributed by atoms with Gasteiger partial charge in [0.1, 0.15) is 0 Å². The Kier molecular flexibility index (Phi) is 9.54. The summed E-state index contributed by atoms with van der Waals surface area (Å²) in [4.78, 5) is 17.0. The molecule has 2 saturated heterocycles.